The van der Waals surface area contributed by atoms with E-state index < -0.39 is 0 Å². The average molecular weight is 270 g/mol. The van der Waals surface area contributed by atoms with E-state index in [-0.39, 0.29) is 5.91 Å². The zero-order chi connectivity index (χ0) is 14.3. The van der Waals surface area contributed by atoms with Crippen molar-refractivity contribution in [2.75, 3.05) is 13.1 Å². The van der Waals surface area contributed by atoms with E-state index >= 15 is 0 Å². The normalized spacial score (nSPS) is 16.9. The van der Waals surface area contributed by atoms with Crippen LogP contribution in [0.1, 0.15) is 41.4 Å². The zero-order valence-electron chi connectivity index (χ0n) is 12.5. The zero-order valence-corrected chi connectivity index (χ0v) is 12.5. The molecule has 0 atom stereocenters. The van der Waals surface area contributed by atoms with Gasteiger partial charge in [0.15, 0.2) is 0 Å². The Hall–Kier alpha value is -1.77. The quantitative estimate of drug-likeness (QED) is 0.843. The Balaban J connectivity index is 2.01. The number of nitrogens with one attached hydrogen (secondary N) is 1. The number of hydrogen-bond acceptors (Lipinski definition) is 1. The molecule has 0 aliphatic carbocycles. The largest absolute Gasteiger partial charge is 0.358 e. The predicted octanol–water partition coefficient (Wildman–Crippen LogP) is 3.66. The first-order valence-electron chi connectivity index (χ1n) is 7.45. The average Bonchev–Trinajstić information content (AvgIpc) is 2.76. The highest BCUT2D eigenvalue weighted by Gasteiger charge is 2.25. The van der Waals surface area contributed by atoms with Crippen molar-refractivity contribution in [3.63, 3.8) is 0 Å². The lowest BCUT2D eigenvalue weighted by molar-refractivity contribution is 0.0698. The molecule has 1 amide bonds. The Labute approximate surface area is 120 Å². The van der Waals surface area contributed by atoms with Gasteiger partial charge in [0.05, 0.1) is 5.56 Å². The number of carbonyl (C=O) groups excluding carboxylic acids is 1. The number of fused-ring (bicyclic) bond motifs is 1. The molecule has 1 saturated heterocycles. The summed E-state index contributed by atoms with van der Waals surface area (Å²) in [7, 11) is 0. The first-order valence-corrected chi connectivity index (χ1v) is 7.45. The summed E-state index contributed by atoms with van der Waals surface area (Å²) in [4.78, 5) is 18.2. The van der Waals surface area contributed by atoms with Crippen molar-refractivity contribution >= 4 is 16.8 Å². The third-order valence-corrected chi connectivity index (χ3v) is 4.50. The third kappa shape index (κ3) is 2.11. The van der Waals surface area contributed by atoms with E-state index in [9.17, 15) is 4.79 Å². The number of piperidine rings is 1. The second-order valence-electron chi connectivity index (χ2n) is 6.10. The summed E-state index contributed by atoms with van der Waals surface area (Å²) in [5.41, 5.74) is 4.09. The number of aromatic nitrogens is 1. The van der Waals surface area contributed by atoms with Crippen LogP contribution in [0.2, 0.25) is 0 Å². The highest BCUT2D eigenvalue weighted by molar-refractivity contribution is 6.09. The minimum Gasteiger partial charge on any atom is -0.358 e. The summed E-state index contributed by atoms with van der Waals surface area (Å²) >= 11 is 0. The molecule has 20 heavy (non-hydrogen) atoms. The molecule has 3 nitrogen and oxygen atoms in total. The van der Waals surface area contributed by atoms with Gasteiger partial charge in [0.2, 0.25) is 0 Å². The van der Waals surface area contributed by atoms with Crippen molar-refractivity contribution in [3.05, 3.63) is 35.0 Å². The maximum absolute atomic E-state index is 12.9. The number of nitrogens with zero attached hydrogens (tertiary/aromatic N) is 1. The standard InChI is InChI=1S/C17H22N2O/c1-11-7-9-19(10-8-11)17(20)16-13(3)18-14-6-4-5-12(2)15(14)16/h4-6,11,18H,7-10H2,1-3H3. The van der Waals surface area contributed by atoms with Crippen LogP contribution in [0.3, 0.4) is 0 Å². The third-order valence-electron chi connectivity index (χ3n) is 4.50. The van der Waals surface area contributed by atoms with Crippen LogP contribution in [0.25, 0.3) is 10.9 Å². The Kier molecular flexibility index (Phi) is 3.28. The Bertz CT molecular complexity index is 648. The number of aromatic amines is 1. The van der Waals surface area contributed by atoms with Gasteiger partial charge in [0.1, 0.15) is 0 Å². The number of aryl methyl sites for hydroxylation is 2. The van der Waals surface area contributed by atoms with Crippen molar-refractivity contribution < 1.29 is 4.79 Å². The molecule has 1 aliphatic rings. The molecule has 1 aromatic carbocycles. The number of H-pyrrole nitrogens is 1. The minimum absolute atomic E-state index is 0.190. The van der Waals surface area contributed by atoms with Crippen LogP contribution >= 0.6 is 0 Å². The van der Waals surface area contributed by atoms with Crippen LogP contribution in [0.15, 0.2) is 18.2 Å². The summed E-state index contributed by atoms with van der Waals surface area (Å²) < 4.78 is 0. The first-order chi connectivity index (χ1) is 9.58. The highest BCUT2D eigenvalue weighted by atomic mass is 16.2. The molecule has 2 aromatic rings. The number of amides is 1. The molecule has 3 rings (SSSR count). The molecular formula is C17H22N2O. The molecule has 1 aromatic heterocycles. The molecule has 1 fully saturated rings. The maximum atomic E-state index is 12.9. The van der Waals surface area contributed by atoms with Crippen molar-refractivity contribution in [1.29, 1.82) is 0 Å². The molecular weight excluding hydrogens is 248 g/mol. The molecule has 1 N–H and O–H groups in total. The Morgan fingerprint density at radius 2 is 1.95 bits per heavy atom. The van der Waals surface area contributed by atoms with Gasteiger partial charge >= 0.3 is 0 Å². The van der Waals surface area contributed by atoms with E-state index in [4.69, 9.17) is 0 Å². The van der Waals surface area contributed by atoms with Crippen molar-refractivity contribution in [1.82, 2.24) is 9.88 Å². The number of hydrogen-bond donors (Lipinski definition) is 1. The number of carbonyl (C=O) groups is 1. The monoisotopic (exact) mass is 270 g/mol. The van der Waals surface area contributed by atoms with E-state index in [1.807, 2.05) is 24.0 Å². The molecule has 2 heterocycles. The fourth-order valence-electron chi connectivity index (χ4n) is 3.19. The van der Waals surface area contributed by atoms with Gasteiger partial charge in [-0.1, -0.05) is 19.1 Å². The van der Waals surface area contributed by atoms with Crippen LogP contribution in [0, 0.1) is 19.8 Å². The van der Waals surface area contributed by atoms with E-state index in [2.05, 4.69) is 24.9 Å². The van der Waals surface area contributed by atoms with Gasteiger partial charge in [-0.25, -0.2) is 0 Å². The number of benzene rings is 1. The van der Waals surface area contributed by atoms with Gasteiger partial charge in [0, 0.05) is 29.7 Å². The summed E-state index contributed by atoms with van der Waals surface area (Å²) in [6.45, 7) is 8.11. The van der Waals surface area contributed by atoms with Crippen LogP contribution in [0.4, 0.5) is 0 Å². The van der Waals surface area contributed by atoms with E-state index in [0.717, 1.165) is 54.0 Å². The number of rotatable bonds is 1. The summed E-state index contributed by atoms with van der Waals surface area (Å²) in [5.74, 6) is 0.930. The summed E-state index contributed by atoms with van der Waals surface area (Å²) in [6, 6.07) is 6.15. The summed E-state index contributed by atoms with van der Waals surface area (Å²) in [6.07, 6.45) is 2.23. The molecule has 0 saturated carbocycles. The van der Waals surface area contributed by atoms with Crippen LogP contribution in [-0.4, -0.2) is 28.9 Å². The van der Waals surface area contributed by atoms with Gasteiger partial charge in [-0.15, -0.1) is 0 Å². The van der Waals surface area contributed by atoms with Crippen molar-refractivity contribution in [3.8, 4) is 0 Å². The second kappa shape index (κ2) is 4.97. The predicted molar refractivity (Wildman–Crippen MR) is 82.1 cm³/mol. The lowest BCUT2D eigenvalue weighted by Crippen LogP contribution is -2.38. The Morgan fingerprint density at radius 1 is 1.25 bits per heavy atom. The molecule has 3 heteroatoms. The van der Waals surface area contributed by atoms with Gasteiger partial charge in [-0.3, -0.25) is 4.79 Å². The molecule has 0 spiro atoms. The topological polar surface area (TPSA) is 36.1 Å². The smallest absolute Gasteiger partial charge is 0.256 e. The van der Waals surface area contributed by atoms with Crippen LogP contribution in [0.5, 0.6) is 0 Å². The highest BCUT2D eigenvalue weighted by Crippen LogP contribution is 2.28. The molecule has 1 aliphatic heterocycles. The van der Waals surface area contributed by atoms with E-state index in [1.165, 1.54) is 5.56 Å². The van der Waals surface area contributed by atoms with Crippen LogP contribution < -0.4 is 0 Å². The van der Waals surface area contributed by atoms with Gasteiger partial charge < -0.3 is 9.88 Å². The summed E-state index contributed by atoms with van der Waals surface area (Å²) in [5, 5.41) is 1.09. The van der Waals surface area contributed by atoms with Gasteiger partial charge in [-0.05, 0) is 44.2 Å². The maximum Gasteiger partial charge on any atom is 0.256 e. The van der Waals surface area contributed by atoms with Gasteiger partial charge in [0.25, 0.3) is 5.91 Å². The lowest BCUT2D eigenvalue weighted by atomic mass is 9.98. The van der Waals surface area contributed by atoms with Gasteiger partial charge in [-0.2, -0.15) is 0 Å². The molecule has 0 unspecified atom stereocenters. The molecule has 0 radical (unpaired) electrons. The van der Waals surface area contributed by atoms with Crippen molar-refractivity contribution in [2.45, 2.75) is 33.6 Å². The fraction of sp³-hybridized carbons (Fsp3) is 0.471. The first kappa shape index (κ1) is 13.2. The Morgan fingerprint density at radius 3 is 2.65 bits per heavy atom. The van der Waals surface area contributed by atoms with Crippen LogP contribution in [-0.2, 0) is 0 Å². The van der Waals surface area contributed by atoms with E-state index in [1.54, 1.807) is 0 Å². The molecule has 106 valence electrons. The fourth-order valence-corrected chi connectivity index (χ4v) is 3.19. The SMILES string of the molecule is Cc1[nH]c2cccc(C)c2c1C(=O)N1CCC(C)CC1. The van der Waals surface area contributed by atoms with E-state index in [0.29, 0.717) is 0 Å². The molecule has 0 bridgehead atoms. The van der Waals surface area contributed by atoms with Crippen molar-refractivity contribution in [2.24, 2.45) is 5.92 Å². The second-order valence-corrected chi connectivity index (χ2v) is 6.10. The minimum atomic E-state index is 0.190. The lowest BCUT2D eigenvalue weighted by Gasteiger charge is -2.30. The number of likely N-dealkylation sites (tertiary alicyclic amines) is 1.